The molecule has 8 heteroatoms. The van der Waals surface area contributed by atoms with Gasteiger partial charge in [-0.05, 0) is 54.8 Å². The fourth-order valence-electron chi connectivity index (χ4n) is 4.82. The third kappa shape index (κ3) is 6.40. The molecule has 0 bridgehead atoms. The molecule has 168 valence electrons. The quantitative estimate of drug-likeness (QED) is 0.598. The van der Waals surface area contributed by atoms with E-state index in [9.17, 15) is 0 Å². The summed E-state index contributed by atoms with van der Waals surface area (Å²) in [6, 6.07) is 14.8. The lowest BCUT2D eigenvalue weighted by Gasteiger charge is -2.45. The Morgan fingerprint density at radius 3 is 2.00 bits per heavy atom. The molecule has 4 rings (SSSR count). The molecule has 0 spiro atoms. The van der Waals surface area contributed by atoms with Crippen molar-refractivity contribution in [3.63, 3.8) is 0 Å². The van der Waals surface area contributed by atoms with Gasteiger partial charge in [-0.15, -0.1) is 37.2 Å². The third-order valence-electron chi connectivity index (χ3n) is 5.88. The highest BCUT2D eigenvalue weighted by Crippen LogP contribution is 2.36. The van der Waals surface area contributed by atoms with Crippen molar-refractivity contribution in [1.29, 1.82) is 0 Å². The first kappa shape index (κ1) is 27.8. The van der Waals surface area contributed by atoms with Gasteiger partial charge < -0.3 is 10.2 Å². The number of likely N-dealkylation sites (N-methyl/N-ethyl adjacent to an activating group) is 1. The summed E-state index contributed by atoms with van der Waals surface area (Å²) < 4.78 is 0. The molecule has 1 N–H and O–H groups in total. The predicted octanol–water partition coefficient (Wildman–Crippen LogP) is 5.13. The van der Waals surface area contributed by atoms with Crippen LogP contribution in [0.5, 0.6) is 0 Å². The zero-order chi connectivity index (χ0) is 18.9. The fraction of sp³-hybridized carbons (Fsp3) is 0.455. The molecule has 0 aromatic heterocycles. The molecule has 1 saturated heterocycles. The minimum atomic E-state index is 0. The van der Waals surface area contributed by atoms with Gasteiger partial charge in [-0.2, -0.15) is 0 Å². The van der Waals surface area contributed by atoms with Gasteiger partial charge in [0.1, 0.15) is 0 Å². The first-order chi connectivity index (χ1) is 13.0. The van der Waals surface area contributed by atoms with Crippen molar-refractivity contribution in [2.45, 2.75) is 24.9 Å². The zero-order valence-corrected chi connectivity index (χ0v) is 21.0. The Morgan fingerprint density at radius 2 is 1.47 bits per heavy atom. The number of piperazine rings is 1. The number of hydrogen-bond acceptors (Lipinski definition) is 3. The van der Waals surface area contributed by atoms with E-state index in [1.54, 1.807) is 6.07 Å². The van der Waals surface area contributed by atoms with Gasteiger partial charge in [0.25, 0.3) is 0 Å². The van der Waals surface area contributed by atoms with Crippen LogP contribution in [0.2, 0.25) is 10.0 Å². The normalized spacial score (nSPS) is 17.5. The minimum Gasteiger partial charge on any atom is -0.314 e. The number of rotatable bonds is 5. The number of nitrogens with one attached hydrogen (secondary N) is 1. The van der Waals surface area contributed by atoms with E-state index in [4.69, 9.17) is 23.2 Å². The molecule has 1 aliphatic heterocycles. The van der Waals surface area contributed by atoms with Crippen LogP contribution >= 0.6 is 60.4 Å². The maximum atomic E-state index is 6.20. The maximum Gasteiger partial charge on any atom is 0.0424 e. The molecule has 1 heterocycles. The van der Waals surface area contributed by atoms with Gasteiger partial charge in [0, 0.05) is 54.9 Å². The van der Waals surface area contributed by atoms with Crippen LogP contribution in [-0.2, 0) is 19.4 Å². The van der Waals surface area contributed by atoms with Gasteiger partial charge in [0.2, 0.25) is 0 Å². The number of benzene rings is 2. The smallest absolute Gasteiger partial charge is 0.0424 e. The van der Waals surface area contributed by atoms with Gasteiger partial charge in [-0.3, -0.25) is 4.90 Å². The topological polar surface area (TPSA) is 18.5 Å². The van der Waals surface area contributed by atoms with Crippen LogP contribution in [0.25, 0.3) is 0 Å². The van der Waals surface area contributed by atoms with Crippen molar-refractivity contribution in [1.82, 2.24) is 15.1 Å². The van der Waals surface area contributed by atoms with E-state index in [-0.39, 0.29) is 42.8 Å². The second kappa shape index (κ2) is 12.1. The highest BCUT2D eigenvalue weighted by molar-refractivity contribution is 6.34. The van der Waals surface area contributed by atoms with Gasteiger partial charge >= 0.3 is 0 Å². The second-order valence-corrected chi connectivity index (χ2v) is 8.91. The van der Waals surface area contributed by atoms with Crippen molar-refractivity contribution in [3.8, 4) is 0 Å². The Labute approximate surface area is 208 Å². The van der Waals surface area contributed by atoms with Crippen LogP contribution in [-0.4, -0.2) is 55.1 Å². The molecule has 1 aliphatic carbocycles. The summed E-state index contributed by atoms with van der Waals surface area (Å²) in [5, 5.41) is 4.91. The SMILES string of the molecule is CN(Cc1cc(Cl)cc(Cl)c1)CC1(N2CCNCC2)Cc2ccccc2C1.Cl.Cl.Cl. The highest BCUT2D eigenvalue weighted by atomic mass is 35.5. The Morgan fingerprint density at radius 1 is 0.933 bits per heavy atom. The van der Waals surface area contributed by atoms with Crippen LogP contribution in [0.4, 0.5) is 0 Å². The summed E-state index contributed by atoms with van der Waals surface area (Å²) >= 11 is 12.4. The summed E-state index contributed by atoms with van der Waals surface area (Å²) in [5.74, 6) is 0. The summed E-state index contributed by atoms with van der Waals surface area (Å²) in [6.45, 7) is 6.27. The maximum absolute atomic E-state index is 6.20. The molecular formula is C22H30Cl5N3. The molecule has 0 saturated carbocycles. The Bertz CT molecular complexity index is 766. The summed E-state index contributed by atoms with van der Waals surface area (Å²) in [5.41, 5.74) is 4.36. The number of nitrogens with zero attached hydrogens (tertiary/aromatic N) is 2. The molecular weight excluding hydrogens is 484 g/mol. The summed E-state index contributed by atoms with van der Waals surface area (Å²) in [7, 11) is 2.21. The van der Waals surface area contributed by atoms with Crippen molar-refractivity contribution in [2.75, 3.05) is 39.8 Å². The van der Waals surface area contributed by atoms with E-state index in [1.165, 1.54) is 16.7 Å². The number of halogens is 5. The second-order valence-electron chi connectivity index (χ2n) is 8.03. The zero-order valence-electron chi connectivity index (χ0n) is 17.1. The van der Waals surface area contributed by atoms with Crippen molar-refractivity contribution < 1.29 is 0 Å². The minimum absolute atomic E-state index is 0. The molecule has 0 unspecified atom stereocenters. The lowest BCUT2D eigenvalue weighted by atomic mass is 9.91. The third-order valence-corrected chi connectivity index (χ3v) is 6.32. The molecule has 30 heavy (non-hydrogen) atoms. The van der Waals surface area contributed by atoms with Gasteiger partial charge in [0.15, 0.2) is 0 Å². The van der Waals surface area contributed by atoms with Gasteiger partial charge in [0.05, 0.1) is 0 Å². The highest BCUT2D eigenvalue weighted by Gasteiger charge is 2.43. The van der Waals surface area contributed by atoms with E-state index in [2.05, 4.69) is 46.4 Å². The van der Waals surface area contributed by atoms with E-state index in [0.29, 0.717) is 10.0 Å². The van der Waals surface area contributed by atoms with E-state index in [1.807, 2.05) is 12.1 Å². The van der Waals surface area contributed by atoms with Gasteiger partial charge in [-0.25, -0.2) is 0 Å². The first-order valence-corrected chi connectivity index (χ1v) is 10.5. The first-order valence-electron chi connectivity index (χ1n) is 9.70. The molecule has 2 aromatic rings. The van der Waals surface area contributed by atoms with E-state index in [0.717, 1.165) is 52.1 Å². The lowest BCUT2D eigenvalue weighted by Crippen LogP contribution is -2.61. The summed E-state index contributed by atoms with van der Waals surface area (Å²) in [4.78, 5) is 5.14. The number of fused-ring (bicyclic) bond motifs is 1. The van der Waals surface area contributed by atoms with Crippen LogP contribution in [0.15, 0.2) is 42.5 Å². The molecule has 0 atom stereocenters. The molecule has 0 radical (unpaired) electrons. The van der Waals surface area contributed by atoms with E-state index >= 15 is 0 Å². The van der Waals surface area contributed by atoms with Crippen LogP contribution in [0.1, 0.15) is 16.7 Å². The molecule has 0 amide bonds. The van der Waals surface area contributed by atoms with Crippen LogP contribution < -0.4 is 5.32 Å². The Kier molecular flexibility index (Phi) is 11.2. The number of hydrogen-bond donors (Lipinski definition) is 1. The standard InChI is InChI=1S/C22H27Cl2N3.3ClH/c1-26(15-17-10-20(23)12-21(24)11-17)16-22(27-8-6-25-7-9-27)13-18-4-2-3-5-19(18)14-22;;;/h2-5,10-12,25H,6-9,13-16H2,1H3;3*1H. The predicted molar refractivity (Wildman–Crippen MR) is 136 cm³/mol. The average molecular weight is 514 g/mol. The Balaban J connectivity index is 0.00000150. The van der Waals surface area contributed by atoms with Gasteiger partial charge in [-0.1, -0.05) is 47.5 Å². The molecule has 2 aliphatic rings. The average Bonchev–Trinajstić information content (AvgIpc) is 3.00. The van der Waals surface area contributed by atoms with Crippen LogP contribution in [0, 0.1) is 0 Å². The largest absolute Gasteiger partial charge is 0.314 e. The van der Waals surface area contributed by atoms with E-state index < -0.39 is 0 Å². The van der Waals surface area contributed by atoms with Crippen molar-refractivity contribution in [2.24, 2.45) is 0 Å². The van der Waals surface area contributed by atoms with Crippen LogP contribution in [0.3, 0.4) is 0 Å². The van der Waals surface area contributed by atoms with Crippen molar-refractivity contribution >= 4 is 60.4 Å². The molecule has 2 aromatic carbocycles. The molecule has 3 nitrogen and oxygen atoms in total. The summed E-state index contributed by atoms with van der Waals surface area (Å²) in [6.07, 6.45) is 2.26. The fourth-order valence-corrected chi connectivity index (χ4v) is 5.39. The monoisotopic (exact) mass is 511 g/mol. The molecule has 1 fully saturated rings. The lowest BCUT2D eigenvalue weighted by molar-refractivity contribution is 0.0486. The Hall–Kier alpha value is -0.230. The van der Waals surface area contributed by atoms with Crippen molar-refractivity contribution in [3.05, 3.63) is 69.2 Å².